The van der Waals surface area contributed by atoms with Gasteiger partial charge >= 0.3 is 5.97 Å². The van der Waals surface area contributed by atoms with E-state index in [4.69, 9.17) is 4.74 Å². The van der Waals surface area contributed by atoms with E-state index >= 15 is 0 Å². The molecule has 0 bridgehead atoms. The van der Waals surface area contributed by atoms with Gasteiger partial charge in [0.05, 0.1) is 12.5 Å². The number of benzene rings is 1. The summed E-state index contributed by atoms with van der Waals surface area (Å²) < 4.78 is 5.10. The lowest BCUT2D eigenvalue weighted by Gasteiger charge is -2.31. The van der Waals surface area contributed by atoms with Crippen LogP contribution < -0.4 is 4.90 Å². The molecule has 7 nitrogen and oxygen atoms in total. The summed E-state index contributed by atoms with van der Waals surface area (Å²) in [6.45, 7) is 3.24. The maximum absolute atomic E-state index is 13.1. The van der Waals surface area contributed by atoms with E-state index in [1.165, 1.54) is 0 Å². The van der Waals surface area contributed by atoms with Gasteiger partial charge < -0.3 is 14.5 Å². The Balaban J connectivity index is 1.78. The van der Waals surface area contributed by atoms with Gasteiger partial charge in [-0.3, -0.25) is 9.59 Å². The lowest BCUT2D eigenvalue weighted by molar-refractivity contribution is -0.149. The lowest BCUT2D eigenvalue weighted by atomic mass is 9.96. The Bertz CT molecular complexity index is 831. The molecule has 28 heavy (non-hydrogen) atoms. The lowest BCUT2D eigenvalue weighted by Crippen LogP contribution is -2.41. The number of likely N-dealkylation sites (tertiary alicyclic amines) is 1. The van der Waals surface area contributed by atoms with E-state index in [0.717, 1.165) is 5.56 Å². The molecule has 0 saturated carbocycles. The number of anilines is 1. The van der Waals surface area contributed by atoms with Gasteiger partial charge in [-0.05, 0) is 19.8 Å². The standard InChI is InChI=1S/C21H26N4O3/c1-4-28-21(27)16-10-12-25(13-11-16)20(26)17-14-22-18(23-19(17)24(2)3)15-8-6-5-7-9-15/h5-9,14,16H,4,10-13H2,1-3H3. The van der Waals surface area contributed by atoms with Crippen molar-refractivity contribution in [3.05, 3.63) is 42.1 Å². The summed E-state index contributed by atoms with van der Waals surface area (Å²) in [5.74, 6) is 0.770. The molecule has 3 rings (SSSR count). The molecule has 0 N–H and O–H groups in total. The van der Waals surface area contributed by atoms with Crippen LogP contribution in [0.5, 0.6) is 0 Å². The first-order chi connectivity index (χ1) is 13.5. The average Bonchev–Trinajstić information content (AvgIpc) is 2.73. The van der Waals surface area contributed by atoms with E-state index in [1.807, 2.05) is 49.3 Å². The molecule has 2 aromatic rings. The van der Waals surface area contributed by atoms with Crippen LogP contribution in [0.3, 0.4) is 0 Å². The quantitative estimate of drug-likeness (QED) is 0.740. The molecule has 1 amide bonds. The summed E-state index contributed by atoms with van der Waals surface area (Å²) in [7, 11) is 3.72. The second-order valence-electron chi connectivity index (χ2n) is 7.01. The van der Waals surface area contributed by atoms with Crippen molar-refractivity contribution >= 4 is 17.7 Å². The maximum atomic E-state index is 13.1. The van der Waals surface area contributed by atoms with Gasteiger partial charge in [0, 0.05) is 38.9 Å². The molecule has 0 atom stereocenters. The molecule has 1 aliphatic rings. The van der Waals surface area contributed by atoms with Gasteiger partial charge in [0.2, 0.25) is 0 Å². The summed E-state index contributed by atoms with van der Waals surface area (Å²) in [5, 5.41) is 0. The number of carbonyl (C=O) groups excluding carboxylic acids is 2. The molecule has 1 aliphatic heterocycles. The van der Waals surface area contributed by atoms with Crippen molar-refractivity contribution in [1.82, 2.24) is 14.9 Å². The Hall–Kier alpha value is -2.96. The molecule has 7 heteroatoms. The van der Waals surface area contributed by atoms with Crippen molar-refractivity contribution in [2.24, 2.45) is 5.92 Å². The van der Waals surface area contributed by atoms with Crippen molar-refractivity contribution in [2.45, 2.75) is 19.8 Å². The monoisotopic (exact) mass is 382 g/mol. The minimum atomic E-state index is -0.167. The van der Waals surface area contributed by atoms with E-state index in [0.29, 0.717) is 49.7 Å². The molecule has 1 fully saturated rings. The van der Waals surface area contributed by atoms with Crippen molar-refractivity contribution in [3.8, 4) is 11.4 Å². The van der Waals surface area contributed by atoms with Crippen molar-refractivity contribution in [3.63, 3.8) is 0 Å². The Kier molecular flexibility index (Phi) is 6.23. The SMILES string of the molecule is CCOC(=O)C1CCN(C(=O)c2cnc(-c3ccccc3)nc2N(C)C)CC1. The number of piperidine rings is 1. The molecule has 0 radical (unpaired) electrons. The van der Waals surface area contributed by atoms with E-state index in [9.17, 15) is 9.59 Å². The van der Waals surface area contributed by atoms with Crippen molar-refractivity contribution in [1.29, 1.82) is 0 Å². The second-order valence-corrected chi connectivity index (χ2v) is 7.01. The number of rotatable bonds is 5. The molecular formula is C21H26N4O3. The zero-order chi connectivity index (χ0) is 20.1. The van der Waals surface area contributed by atoms with Crippen LogP contribution in [0.1, 0.15) is 30.1 Å². The predicted octanol–water partition coefficient (Wildman–Crippen LogP) is 2.62. The summed E-state index contributed by atoms with van der Waals surface area (Å²) in [5.41, 5.74) is 1.37. The number of amides is 1. The smallest absolute Gasteiger partial charge is 0.309 e. The molecule has 1 aromatic heterocycles. The fraction of sp³-hybridized carbons (Fsp3) is 0.429. The van der Waals surface area contributed by atoms with Gasteiger partial charge in [0.25, 0.3) is 5.91 Å². The summed E-state index contributed by atoms with van der Waals surface area (Å²) >= 11 is 0. The molecule has 1 aromatic carbocycles. The number of ether oxygens (including phenoxy) is 1. The van der Waals surface area contributed by atoms with Gasteiger partial charge in [-0.15, -0.1) is 0 Å². The first kappa shape index (κ1) is 19.8. The molecule has 148 valence electrons. The van der Waals surface area contributed by atoms with Gasteiger partial charge in [-0.2, -0.15) is 0 Å². The minimum absolute atomic E-state index is 0.106. The largest absolute Gasteiger partial charge is 0.466 e. The Morgan fingerprint density at radius 2 is 1.86 bits per heavy atom. The molecule has 2 heterocycles. The van der Waals surface area contributed by atoms with Crippen LogP contribution in [-0.2, 0) is 9.53 Å². The highest BCUT2D eigenvalue weighted by molar-refractivity contribution is 5.99. The average molecular weight is 382 g/mol. The minimum Gasteiger partial charge on any atom is -0.466 e. The van der Waals surface area contributed by atoms with Crippen LogP contribution >= 0.6 is 0 Å². The van der Waals surface area contributed by atoms with E-state index in [1.54, 1.807) is 18.0 Å². The Morgan fingerprint density at radius 1 is 1.18 bits per heavy atom. The highest BCUT2D eigenvalue weighted by atomic mass is 16.5. The van der Waals surface area contributed by atoms with Crippen molar-refractivity contribution in [2.75, 3.05) is 38.7 Å². The number of esters is 1. The van der Waals surface area contributed by atoms with Gasteiger partial charge in [0.15, 0.2) is 5.82 Å². The highest BCUT2D eigenvalue weighted by Crippen LogP contribution is 2.25. The van der Waals surface area contributed by atoms with Crippen LogP contribution in [-0.4, -0.2) is 60.5 Å². The summed E-state index contributed by atoms with van der Waals surface area (Å²) in [4.78, 5) is 37.6. The van der Waals surface area contributed by atoms with Crippen LogP contribution in [0, 0.1) is 5.92 Å². The van der Waals surface area contributed by atoms with E-state index in [2.05, 4.69) is 9.97 Å². The Morgan fingerprint density at radius 3 is 2.46 bits per heavy atom. The van der Waals surface area contributed by atoms with Crippen LogP contribution in [0.25, 0.3) is 11.4 Å². The third-order valence-corrected chi connectivity index (χ3v) is 4.86. The molecule has 0 aliphatic carbocycles. The normalized spacial score (nSPS) is 14.6. The van der Waals surface area contributed by atoms with Crippen LogP contribution in [0.15, 0.2) is 36.5 Å². The third-order valence-electron chi connectivity index (χ3n) is 4.86. The number of hydrogen-bond acceptors (Lipinski definition) is 6. The van der Waals surface area contributed by atoms with Gasteiger partial charge in [0.1, 0.15) is 11.4 Å². The fourth-order valence-electron chi connectivity index (χ4n) is 3.34. The molecule has 1 saturated heterocycles. The maximum Gasteiger partial charge on any atom is 0.309 e. The highest BCUT2D eigenvalue weighted by Gasteiger charge is 2.30. The van der Waals surface area contributed by atoms with E-state index < -0.39 is 0 Å². The topological polar surface area (TPSA) is 75.6 Å². The summed E-state index contributed by atoms with van der Waals surface area (Å²) in [6.07, 6.45) is 2.83. The Labute approximate surface area is 165 Å². The summed E-state index contributed by atoms with van der Waals surface area (Å²) in [6, 6.07) is 9.68. The number of carbonyl (C=O) groups is 2. The number of aromatic nitrogens is 2. The zero-order valence-electron chi connectivity index (χ0n) is 16.6. The first-order valence-corrected chi connectivity index (χ1v) is 9.57. The second kappa shape index (κ2) is 8.82. The van der Waals surface area contributed by atoms with Crippen LogP contribution in [0.2, 0.25) is 0 Å². The number of hydrogen-bond donors (Lipinski definition) is 0. The van der Waals surface area contributed by atoms with E-state index in [-0.39, 0.29) is 17.8 Å². The fourth-order valence-corrected chi connectivity index (χ4v) is 3.34. The zero-order valence-corrected chi connectivity index (χ0v) is 16.6. The predicted molar refractivity (Wildman–Crippen MR) is 107 cm³/mol. The molecule has 0 unspecified atom stereocenters. The first-order valence-electron chi connectivity index (χ1n) is 9.57. The number of nitrogens with zero attached hydrogens (tertiary/aromatic N) is 4. The van der Waals surface area contributed by atoms with Gasteiger partial charge in [-0.25, -0.2) is 9.97 Å². The van der Waals surface area contributed by atoms with Crippen molar-refractivity contribution < 1.29 is 14.3 Å². The third kappa shape index (κ3) is 4.30. The molecular weight excluding hydrogens is 356 g/mol. The molecule has 0 spiro atoms. The van der Waals surface area contributed by atoms with Gasteiger partial charge in [-0.1, -0.05) is 30.3 Å². The van der Waals surface area contributed by atoms with Crippen LogP contribution in [0.4, 0.5) is 5.82 Å².